The van der Waals surface area contributed by atoms with Crippen LogP contribution >= 0.6 is 11.6 Å². The first-order valence-electron chi connectivity index (χ1n) is 4.00. The van der Waals surface area contributed by atoms with Crippen molar-refractivity contribution in [2.24, 2.45) is 0 Å². The number of quaternary nitrogens is 1. The van der Waals surface area contributed by atoms with Crippen LogP contribution in [0.15, 0.2) is 0 Å². The number of nitrogens with zero attached hydrogens (tertiary/aromatic N) is 1. The molecule has 0 aliphatic carbocycles. The molecule has 0 aliphatic heterocycles. The highest BCUT2D eigenvalue weighted by Crippen LogP contribution is 1.88. The molecule has 0 spiro atoms. The van der Waals surface area contributed by atoms with E-state index in [1.807, 2.05) is 0 Å². The summed E-state index contributed by atoms with van der Waals surface area (Å²) in [5.74, 6) is -2.34. The van der Waals surface area contributed by atoms with E-state index in [4.69, 9.17) is 17.1 Å². The second kappa shape index (κ2) is 4.42. The maximum absolute atomic E-state index is 7.36. The van der Waals surface area contributed by atoms with Crippen LogP contribution in [0.3, 0.4) is 0 Å². The summed E-state index contributed by atoms with van der Waals surface area (Å²) in [5, 5.41) is 0. The minimum absolute atomic E-state index is 0. The van der Waals surface area contributed by atoms with Gasteiger partial charge in [0.05, 0.1) is 36.2 Å². The molecule has 0 heterocycles. The molecule has 0 atom stereocenters. The first kappa shape index (κ1) is 4.37. The second-order valence-corrected chi connectivity index (χ2v) is 2.41. The summed E-state index contributed by atoms with van der Waals surface area (Å²) in [4.78, 5) is 0. The van der Waals surface area contributed by atoms with Crippen LogP contribution < -0.4 is 12.4 Å². The molecule has 0 saturated carbocycles. The highest BCUT2D eigenvalue weighted by molar-refractivity contribution is 6.17. The van der Waals surface area contributed by atoms with Crippen LogP contribution in [0.25, 0.3) is 0 Å². The number of rotatable bonds is 2. The quantitative estimate of drug-likeness (QED) is 0.323. The topological polar surface area (TPSA) is 0 Å². The Morgan fingerprint density at radius 2 is 1.88 bits per heavy atom. The van der Waals surface area contributed by atoms with Gasteiger partial charge in [-0.05, 0) is 0 Å². The first-order valence-corrected chi connectivity index (χ1v) is 2.38. The average molecular weight is 162 g/mol. The molecule has 0 unspecified atom stereocenters. The predicted molar refractivity (Wildman–Crippen MR) is 33.6 cm³/mol. The van der Waals surface area contributed by atoms with Gasteiger partial charge in [0.1, 0.15) is 0 Å². The molecule has 0 N–H and O–H groups in total. The monoisotopic (exact) mass is 161 g/mol. The smallest absolute Gasteiger partial charge is 0.0937 e. The summed E-state index contributed by atoms with van der Waals surface area (Å²) >= 11 is 5.25. The standard InChI is InChI=1S/C5H13ClN.ClH/c1-7(2,3)5-4-6;/h4-5H2,1-3H3;1H/q+1;/p-1/i4D2,5D2;. The highest BCUT2D eigenvalue weighted by atomic mass is 35.5. The van der Waals surface area contributed by atoms with Gasteiger partial charge in [0.2, 0.25) is 0 Å². The third-order valence-corrected chi connectivity index (χ3v) is 0.462. The van der Waals surface area contributed by atoms with E-state index in [0.29, 0.717) is 0 Å². The Labute approximate surface area is 68.2 Å². The highest BCUT2D eigenvalue weighted by Gasteiger charge is 2.02. The average Bonchev–Trinajstić information content (AvgIpc) is 1.58. The minimum atomic E-state index is -2.34. The predicted octanol–water partition coefficient (Wildman–Crippen LogP) is -2.06. The fourth-order valence-electron chi connectivity index (χ4n) is 0.127. The van der Waals surface area contributed by atoms with Crippen LogP contribution in [0.5, 0.6) is 0 Å². The Morgan fingerprint density at radius 1 is 1.50 bits per heavy atom. The van der Waals surface area contributed by atoms with E-state index < -0.39 is 12.3 Å². The summed E-state index contributed by atoms with van der Waals surface area (Å²) in [7, 11) is 4.67. The zero-order valence-electron chi connectivity index (χ0n) is 9.20. The summed E-state index contributed by atoms with van der Waals surface area (Å²) in [6.45, 7) is -2.09. The van der Waals surface area contributed by atoms with Crippen LogP contribution in [0.1, 0.15) is 5.48 Å². The van der Waals surface area contributed by atoms with Crippen molar-refractivity contribution in [1.29, 1.82) is 0 Å². The Hall–Kier alpha value is 0.540. The molecule has 0 saturated heterocycles. The van der Waals surface area contributed by atoms with Crippen molar-refractivity contribution >= 4 is 11.6 Å². The molecular formula is C5H13Cl2N. The van der Waals surface area contributed by atoms with Gasteiger partial charge in [-0.3, -0.25) is 0 Å². The van der Waals surface area contributed by atoms with E-state index in [9.17, 15) is 0 Å². The lowest BCUT2D eigenvalue weighted by Gasteiger charge is -2.21. The maximum atomic E-state index is 7.36. The van der Waals surface area contributed by atoms with E-state index in [0.717, 1.165) is 0 Å². The number of halogens is 2. The number of hydrogen-bond donors (Lipinski definition) is 0. The summed E-state index contributed by atoms with van der Waals surface area (Å²) < 4.78 is 28.6. The zero-order valence-corrected chi connectivity index (χ0v) is 6.72. The number of alkyl halides is 1. The molecule has 0 fully saturated rings. The fourth-order valence-corrected chi connectivity index (χ4v) is 0.380. The van der Waals surface area contributed by atoms with Crippen LogP contribution in [0.2, 0.25) is 0 Å². The van der Waals surface area contributed by atoms with E-state index >= 15 is 0 Å². The van der Waals surface area contributed by atoms with Crippen molar-refractivity contribution in [3.8, 4) is 0 Å². The molecule has 0 aliphatic rings. The fraction of sp³-hybridized carbons (Fsp3) is 1.00. The lowest BCUT2D eigenvalue weighted by molar-refractivity contribution is -0.867. The minimum Gasteiger partial charge on any atom is -1.00 e. The van der Waals surface area contributed by atoms with Crippen molar-refractivity contribution in [2.75, 3.05) is 33.5 Å². The number of hydrogen-bond acceptors (Lipinski definition) is 0. The van der Waals surface area contributed by atoms with Crippen molar-refractivity contribution in [1.82, 2.24) is 0 Å². The Kier molecular flexibility index (Phi) is 2.42. The Morgan fingerprint density at radius 3 is 1.88 bits per heavy atom. The van der Waals surface area contributed by atoms with Crippen LogP contribution in [-0.4, -0.2) is 38.0 Å². The molecule has 0 aromatic carbocycles. The largest absolute Gasteiger partial charge is 1.00 e. The molecule has 8 heavy (non-hydrogen) atoms. The van der Waals surface area contributed by atoms with E-state index in [2.05, 4.69) is 0 Å². The van der Waals surface area contributed by atoms with Gasteiger partial charge in [-0.15, -0.1) is 11.6 Å². The van der Waals surface area contributed by atoms with Gasteiger partial charge in [-0.25, -0.2) is 0 Å². The molecule has 0 radical (unpaired) electrons. The Bertz CT molecular complexity index is 133. The van der Waals surface area contributed by atoms with Gasteiger partial charge in [0, 0.05) is 2.74 Å². The first-order chi connectivity index (χ1) is 4.50. The van der Waals surface area contributed by atoms with E-state index in [1.54, 1.807) is 21.1 Å². The van der Waals surface area contributed by atoms with E-state index in [-0.39, 0.29) is 16.9 Å². The van der Waals surface area contributed by atoms with Crippen molar-refractivity contribution in [3.05, 3.63) is 0 Å². The summed E-state index contributed by atoms with van der Waals surface area (Å²) in [6.07, 6.45) is 0. The van der Waals surface area contributed by atoms with Crippen molar-refractivity contribution < 1.29 is 22.4 Å². The molecule has 0 bridgehead atoms. The van der Waals surface area contributed by atoms with Gasteiger partial charge in [-0.1, -0.05) is 0 Å². The maximum Gasteiger partial charge on any atom is 0.0937 e. The summed E-state index contributed by atoms with van der Waals surface area (Å²) in [6, 6.07) is 0. The molecule has 52 valence electrons. The molecule has 0 rings (SSSR count). The normalized spacial score (nSPS) is 21.5. The molecule has 3 heteroatoms. The molecule has 1 nitrogen and oxygen atoms in total. The SMILES string of the molecule is [2H]C([2H])(Cl)C([2H])([2H])[N+](C)(C)C.[Cl-]. The molecule has 0 aromatic rings. The van der Waals surface area contributed by atoms with Crippen molar-refractivity contribution in [2.45, 2.75) is 0 Å². The van der Waals surface area contributed by atoms with Crippen molar-refractivity contribution in [3.63, 3.8) is 0 Å². The lowest BCUT2D eigenvalue weighted by Crippen LogP contribution is -3.00. The van der Waals surface area contributed by atoms with Gasteiger partial charge in [-0.2, -0.15) is 0 Å². The zero-order chi connectivity index (χ0) is 9.50. The van der Waals surface area contributed by atoms with Crippen LogP contribution in [0, 0.1) is 0 Å². The lowest BCUT2D eigenvalue weighted by atomic mass is 10.6. The Balaban J connectivity index is 0. The molecular weight excluding hydrogens is 145 g/mol. The van der Waals surface area contributed by atoms with E-state index in [1.165, 1.54) is 0 Å². The summed E-state index contributed by atoms with van der Waals surface area (Å²) in [5.41, 5.74) is 0. The van der Waals surface area contributed by atoms with Crippen LogP contribution in [-0.2, 0) is 0 Å². The van der Waals surface area contributed by atoms with Gasteiger partial charge in [0.15, 0.2) is 0 Å². The molecule has 0 aromatic heterocycles. The molecule has 0 amide bonds. The van der Waals surface area contributed by atoms with Gasteiger partial charge in [0.25, 0.3) is 0 Å². The van der Waals surface area contributed by atoms with Gasteiger partial charge >= 0.3 is 0 Å². The van der Waals surface area contributed by atoms with Crippen LogP contribution in [0.4, 0.5) is 0 Å². The third kappa shape index (κ3) is 9.74. The second-order valence-electron chi connectivity index (χ2n) is 2.22. The third-order valence-electron chi connectivity index (χ3n) is 0.378. The van der Waals surface area contributed by atoms with Gasteiger partial charge < -0.3 is 16.9 Å².